The second-order valence-corrected chi connectivity index (χ2v) is 21.3. The van der Waals surface area contributed by atoms with Gasteiger partial charge in [-0.3, -0.25) is 33.5 Å². The fourth-order valence-electron chi connectivity index (χ4n) is 11.1. The molecule has 5 N–H and O–H groups in total. The monoisotopic (exact) mass is 784 g/mol. The molecule has 2 heterocycles. The van der Waals surface area contributed by atoms with Crippen LogP contribution in [0.4, 0.5) is 0 Å². The van der Waals surface area contributed by atoms with Crippen molar-refractivity contribution in [3.05, 3.63) is 12.7 Å². The van der Waals surface area contributed by atoms with Gasteiger partial charge in [-0.2, -0.15) is 0 Å². The molecule has 14 nitrogen and oxygen atoms in total. The van der Waals surface area contributed by atoms with Gasteiger partial charge in [0.05, 0.1) is 5.25 Å². The average Bonchev–Trinajstić information content (AvgIpc) is 4.04. The Morgan fingerprint density at radius 1 is 0.909 bits per heavy atom. The highest BCUT2D eigenvalue weighted by molar-refractivity contribution is 7.91. The van der Waals surface area contributed by atoms with Gasteiger partial charge >= 0.3 is 0 Å². The first kappa shape index (κ1) is 39.7. The lowest BCUT2D eigenvalue weighted by atomic mass is 9.73. The maximum absolute atomic E-state index is 15.1. The molecule has 7 aliphatic rings. The largest absolute Gasteiger partial charge is 0.344 e. The Morgan fingerprint density at radius 2 is 1.58 bits per heavy atom. The van der Waals surface area contributed by atoms with E-state index in [0.717, 1.165) is 51.4 Å². The summed E-state index contributed by atoms with van der Waals surface area (Å²) in [5, 5.41) is 11.0. The third kappa shape index (κ3) is 6.57. The maximum Gasteiger partial charge on any atom is 0.259 e. The van der Waals surface area contributed by atoms with Crippen LogP contribution in [0.15, 0.2) is 12.7 Å². The number of fused-ring (bicyclic) bond motifs is 1. The van der Waals surface area contributed by atoms with Gasteiger partial charge in [-0.05, 0) is 80.0 Å². The van der Waals surface area contributed by atoms with Crippen LogP contribution in [0.1, 0.15) is 125 Å². The number of sulfonamides is 1. The standard InChI is InChI=1S/C40H60N6O8S/c1-7-24-20-40(24,35(52)45-55(53,54)25-14-15-25)44-32(49)27-21-39(37(5,6)38(39)18-11-19-38)22-46(27)34(51)30(36(2,3)4)43-33(50)29(23-12-9-8-10-13-23)42-31(48)26-16-17-28(47)41-26/h7,23-27,29-30H,1,8-22H2,2-6H3,(H,41,47)(H,42,48)(H,43,50)(H,44,49)(H,45,52)/t24-,26-,27+,29+,30-,39-,40-/m1/s1. The fourth-order valence-corrected chi connectivity index (χ4v) is 12.4. The first-order valence-corrected chi connectivity index (χ1v) is 22.0. The molecule has 5 saturated carbocycles. The van der Waals surface area contributed by atoms with E-state index in [1.165, 1.54) is 0 Å². The SMILES string of the molecule is C=C[C@@H]1C[C@]1(NC(=O)[C@@H]1C[C@@]2(CN1C(=O)[C@@H](NC(=O)[C@@H](NC(=O)[C@H]1CCC(=O)N1)C1CCCCC1)C(C)(C)C)C(C)(C)C21CCC1)C(=O)NS(=O)(=O)C1CC1. The number of nitrogens with zero attached hydrogens (tertiary/aromatic N) is 1. The van der Waals surface area contributed by atoms with Crippen molar-refractivity contribution in [3.8, 4) is 0 Å². The minimum Gasteiger partial charge on any atom is -0.344 e. The van der Waals surface area contributed by atoms with E-state index in [1.807, 2.05) is 20.8 Å². The predicted octanol–water partition coefficient (Wildman–Crippen LogP) is 2.33. The molecule has 7 atom stereocenters. The molecule has 304 valence electrons. The average molecular weight is 785 g/mol. The first-order chi connectivity index (χ1) is 25.7. The van der Waals surface area contributed by atoms with Crippen LogP contribution < -0.4 is 26.0 Å². The Morgan fingerprint density at radius 3 is 2.09 bits per heavy atom. The summed E-state index contributed by atoms with van der Waals surface area (Å²) in [5.41, 5.74) is -2.84. The van der Waals surface area contributed by atoms with Crippen LogP contribution in [0, 0.1) is 33.5 Å². The normalized spacial score (nSPS) is 33.1. The highest BCUT2D eigenvalue weighted by atomic mass is 32.2. The van der Waals surface area contributed by atoms with E-state index < -0.39 is 85.8 Å². The second kappa shape index (κ2) is 13.6. The fraction of sp³-hybridized carbons (Fsp3) is 0.800. The van der Waals surface area contributed by atoms with Gasteiger partial charge in [-0.15, -0.1) is 6.58 Å². The number of hydrogen-bond donors (Lipinski definition) is 5. The van der Waals surface area contributed by atoms with Crippen LogP contribution in [0.5, 0.6) is 0 Å². The maximum atomic E-state index is 15.1. The van der Waals surface area contributed by atoms with Gasteiger partial charge in [0.2, 0.25) is 39.6 Å². The summed E-state index contributed by atoms with van der Waals surface area (Å²) < 4.78 is 27.8. The van der Waals surface area contributed by atoms with Crippen LogP contribution in [0.2, 0.25) is 0 Å². The molecule has 0 unspecified atom stereocenters. The Labute approximate surface area is 324 Å². The van der Waals surface area contributed by atoms with Crippen molar-refractivity contribution >= 4 is 45.5 Å². The van der Waals surface area contributed by atoms with Crippen LogP contribution in [-0.4, -0.2) is 90.3 Å². The van der Waals surface area contributed by atoms with Crippen molar-refractivity contribution in [1.82, 2.24) is 30.9 Å². The molecule has 0 aromatic heterocycles. The number of nitrogens with one attached hydrogen (secondary N) is 5. The minimum atomic E-state index is -3.88. The van der Waals surface area contributed by atoms with Crippen LogP contribution in [0.25, 0.3) is 0 Å². The smallest absolute Gasteiger partial charge is 0.259 e. The Bertz CT molecular complexity index is 1780. The zero-order valence-electron chi connectivity index (χ0n) is 33.1. The number of amides is 6. The lowest BCUT2D eigenvalue weighted by Gasteiger charge is -2.38. The Balaban J connectivity index is 1.15. The van der Waals surface area contributed by atoms with Gasteiger partial charge in [-0.25, -0.2) is 8.42 Å². The number of carbonyl (C=O) groups is 6. The van der Waals surface area contributed by atoms with E-state index in [9.17, 15) is 32.4 Å². The summed E-state index contributed by atoms with van der Waals surface area (Å²) in [5.74, 6) is -3.48. The highest BCUT2D eigenvalue weighted by Crippen LogP contribution is 2.88. The summed E-state index contributed by atoms with van der Waals surface area (Å²) >= 11 is 0. The number of carbonyl (C=O) groups excluding carboxylic acids is 6. The molecule has 7 fully saturated rings. The molecular weight excluding hydrogens is 725 g/mol. The van der Waals surface area contributed by atoms with Crippen molar-refractivity contribution in [3.63, 3.8) is 0 Å². The van der Waals surface area contributed by atoms with E-state index in [-0.39, 0.29) is 40.9 Å². The number of likely N-dealkylation sites (tertiary alicyclic amines) is 1. The molecule has 55 heavy (non-hydrogen) atoms. The van der Waals surface area contributed by atoms with Crippen LogP contribution in [-0.2, 0) is 38.8 Å². The van der Waals surface area contributed by atoms with Crippen LogP contribution >= 0.6 is 0 Å². The summed E-state index contributed by atoms with van der Waals surface area (Å²) in [6.45, 7) is 14.1. The number of rotatable bonds is 12. The van der Waals surface area contributed by atoms with E-state index in [4.69, 9.17) is 0 Å². The summed E-state index contributed by atoms with van der Waals surface area (Å²) in [4.78, 5) is 84.5. The lowest BCUT2D eigenvalue weighted by Crippen LogP contribution is -2.63. The topological polar surface area (TPSA) is 200 Å². The molecule has 6 amide bonds. The second-order valence-electron chi connectivity index (χ2n) is 19.4. The molecule has 7 rings (SSSR count). The molecule has 2 aliphatic heterocycles. The zero-order chi connectivity index (χ0) is 39.9. The Kier molecular flexibility index (Phi) is 9.81. The van der Waals surface area contributed by atoms with Crippen molar-refractivity contribution in [2.24, 2.45) is 33.5 Å². The van der Waals surface area contributed by atoms with Gasteiger partial charge in [0, 0.05) is 24.3 Å². The molecular formula is C40H60N6O8S. The summed E-state index contributed by atoms with van der Waals surface area (Å²) in [6.07, 6.45) is 11.0. The third-order valence-electron chi connectivity index (χ3n) is 15.1. The minimum absolute atomic E-state index is 0.0311. The lowest BCUT2D eigenvalue weighted by molar-refractivity contribution is -0.145. The first-order valence-electron chi connectivity index (χ1n) is 20.4. The molecule has 2 saturated heterocycles. The van der Waals surface area contributed by atoms with Crippen molar-refractivity contribution < 1.29 is 37.2 Å². The Hall–Kier alpha value is -3.49. The van der Waals surface area contributed by atoms with E-state index >= 15 is 4.79 Å². The summed E-state index contributed by atoms with van der Waals surface area (Å²) in [6, 6.07) is -3.67. The van der Waals surface area contributed by atoms with Crippen molar-refractivity contribution in [1.29, 1.82) is 0 Å². The van der Waals surface area contributed by atoms with Gasteiger partial charge in [0.15, 0.2) is 0 Å². The van der Waals surface area contributed by atoms with E-state index in [0.29, 0.717) is 32.2 Å². The highest BCUT2D eigenvalue weighted by Gasteiger charge is 2.85. The molecule has 2 spiro atoms. The molecule has 0 radical (unpaired) electrons. The zero-order valence-corrected chi connectivity index (χ0v) is 33.9. The molecule has 5 aliphatic carbocycles. The quantitative estimate of drug-likeness (QED) is 0.186. The summed E-state index contributed by atoms with van der Waals surface area (Å²) in [7, 11) is -3.88. The molecule has 0 bridgehead atoms. The van der Waals surface area contributed by atoms with Crippen molar-refractivity contribution in [2.75, 3.05) is 6.54 Å². The molecule has 15 heteroatoms. The molecule has 0 aromatic rings. The van der Waals surface area contributed by atoms with E-state index in [2.05, 4.69) is 46.4 Å². The van der Waals surface area contributed by atoms with Gasteiger partial charge < -0.3 is 26.2 Å². The predicted molar refractivity (Wildman–Crippen MR) is 203 cm³/mol. The number of hydrogen-bond acceptors (Lipinski definition) is 8. The van der Waals surface area contributed by atoms with Gasteiger partial charge in [-0.1, -0.05) is 66.4 Å². The van der Waals surface area contributed by atoms with Crippen molar-refractivity contribution in [2.45, 2.75) is 159 Å². The third-order valence-corrected chi connectivity index (χ3v) is 16.9. The van der Waals surface area contributed by atoms with Crippen LogP contribution in [0.3, 0.4) is 0 Å². The molecule has 0 aromatic carbocycles. The van der Waals surface area contributed by atoms with E-state index in [1.54, 1.807) is 11.0 Å². The van der Waals surface area contributed by atoms with Gasteiger partial charge in [0.25, 0.3) is 5.91 Å². The van der Waals surface area contributed by atoms with Gasteiger partial charge in [0.1, 0.15) is 29.7 Å².